The fourth-order valence-corrected chi connectivity index (χ4v) is 4.94. The molecule has 0 saturated carbocycles. The van der Waals surface area contributed by atoms with Crippen molar-refractivity contribution >= 4 is 22.9 Å². The van der Waals surface area contributed by atoms with Gasteiger partial charge in [0, 0.05) is 55.2 Å². The van der Waals surface area contributed by atoms with Crippen molar-refractivity contribution < 1.29 is 9.18 Å². The first kappa shape index (κ1) is 20.5. The van der Waals surface area contributed by atoms with Gasteiger partial charge in [0.05, 0.1) is 11.6 Å². The van der Waals surface area contributed by atoms with Crippen LogP contribution >= 0.6 is 11.3 Å². The summed E-state index contributed by atoms with van der Waals surface area (Å²) in [7, 11) is 0. The van der Waals surface area contributed by atoms with Gasteiger partial charge in [-0.2, -0.15) is 0 Å². The molecule has 5 nitrogen and oxygen atoms in total. The average molecular weight is 425 g/mol. The van der Waals surface area contributed by atoms with Crippen molar-refractivity contribution in [2.45, 2.75) is 19.0 Å². The Morgan fingerprint density at radius 1 is 1.10 bits per heavy atom. The molecule has 4 rings (SSSR count). The third-order valence-corrected chi connectivity index (χ3v) is 6.43. The van der Waals surface area contributed by atoms with Crippen molar-refractivity contribution in [1.82, 2.24) is 15.2 Å². The third kappa shape index (κ3) is 4.68. The highest BCUT2D eigenvalue weighted by molar-refractivity contribution is 7.10. The van der Waals surface area contributed by atoms with E-state index in [-0.39, 0.29) is 23.8 Å². The van der Waals surface area contributed by atoms with Crippen LogP contribution in [-0.2, 0) is 0 Å². The number of amides is 1. The molecule has 0 aliphatic carbocycles. The van der Waals surface area contributed by atoms with Gasteiger partial charge >= 0.3 is 0 Å². The molecular formula is C23H25FN4OS. The summed E-state index contributed by atoms with van der Waals surface area (Å²) in [6.45, 7) is 5.51. The summed E-state index contributed by atoms with van der Waals surface area (Å²) >= 11 is 1.71. The van der Waals surface area contributed by atoms with Crippen molar-refractivity contribution in [3.05, 3.63) is 82.6 Å². The zero-order valence-corrected chi connectivity index (χ0v) is 17.7. The number of hydrogen-bond donors (Lipinski definition) is 1. The van der Waals surface area contributed by atoms with E-state index >= 15 is 0 Å². The first-order chi connectivity index (χ1) is 14.6. The fraction of sp³-hybridized carbons (Fsp3) is 0.304. The summed E-state index contributed by atoms with van der Waals surface area (Å²) in [5.74, 6) is -0.324. The monoisotopic (exact) mass is 424 g/mol. The molecule has 0 spiro atoms. The van der Waals surface area contributed by atoms with Gasteiger partial charge in [-0.05, 0) is 54.8 Å². The lowest BCUT2D eigenvalue weighted by atomic mass is 10.0. The minimum Gasteiger partial charge on any atom is -0.369 e. The number of nitrogens with one attached hydrogen (secondary N) is 1. The largest absolute Gasteiger partial charge is 0.369 e. The molecule has 1 amide bonds. The third-order valence-electron chi connectivity index (χ3n) is 5.49. The summed E-state index contributed by atoms with van der Waals surface area (Å²) in [5.41, 5.74) is 1.61. The number of aromatic nitrogens is 1. The van der Waals surface area contributed by atoms with Crippen LogP contribution in [0.15, 0.2) is 66.3 Å². The van der Waals surface area contributed by atoms with Crippen molar-refractivity contribution in [2.75, 3.05) is 31.1 Å². The van der Waals surface area contributed by atoms with E-state index in [2.05, 4.69) is 44.5 Å². The number of rotatable bonds is 6. The molecule has 1 aromatic carbocycles. The quantitative estimate of drug-likeness (QED) is 0.651. The molecule has 3 heterocycles. The summed E-state index contributed by atoms with van der Waals surface area (Å²) in [6.07, 6.45) is 3.25. The smallest absolute Gasteiger partial charge is 0.253 e. The van der Waals surface area contributed by atoms with E-state index in [1.165, 1.54) is 17.0 Å². The Morgan fingerprint density at radius 3 is 2.50 bits per heavy atom. The van der Waals surface area contributed by atoms with Gasteiger partial charge < -0.3 is 10.2 Å². The Bertz CT molecular complexity index is 941. The fourth-order valence-electron chi connectivity index (χ4n) is 3.98. The molecule has 30 heavy (non-hydrogen) atoms. The highest BCUT2D eigenvalue weighted by Crippen LogP contribution is 2.30. The second-order valence-corrected chi connectivity index (χ2v) is 8.44. The zero-order chi connectivity index (χ0) is 20.9. The number of pyridine rings is 1. The number of halogens is 1. The van der Waals surface area contributed by atoms with Crippen LogP contribution < -0.4 is 10.2 Å². The number of carbonyl (C=O) groups is 1. The van der Waals surface area contributed by atoms with Crippen LogP contribution in [0.4, 0.5) is 10.1 Å². The van der Waals surface area contributed by atoms with Crippen LogP contribution in [-0.4, -0.2) is 48.0 Å². The van der Waals surface area contributed by atoms with E-state index in [1.807, 2.05) is 12.1 Å². The highest BCUT2D eigenvalue weighted by atomic mass is 32.1. The van der Waals surface area contributed by atoms with Gasteiger partial charge in [0.1, 0.15) is 5.82 Å². The van der Waals surface area contributed by atoms with Gasteiger partial charge in [-0.15, -0.1) is 11.3 Å². The Labute approximate surface area is 180 Å². The summed E-state index contributed by atoms with van der Waals surface area (Å²) in [4.78, 5) is 22.7. The highest BCUT2D eigenvalue weighted by Gasteiger charge is 2.31. The molecule has 0 radical (unpaired) electrons. The average Bonchev–Trinajstić information content (AvgIpc) is 3.30. The first-order valence-corrected chi connectivity index (χ1v) is 11.0. The molecule has 0 bridgehead atoms. The maximum Gasteiger partial charge on any atom is 0.253 e. The SMILES string of the molecule is C[C@H](NC(=O)c1cccnc1)[C@@H](c1cccs1)N1CCN(c2ccc(F)cc2)CC1. The number of thiophene rings is 1. The molecule has 3 aromatic rings. The molecule has 1 aliphatic rings. The van der Waals surface area contributed by atoms with E-state index in [4.69, 9.17) is 0 Å². The molecule has 7 heteroatoms. The Balaban J connectivity index is 1.45. The van der Waals surface area contributed by atoms with Crippen molar-refractivity contribution in [1.29, 1.82) is 0 Å². The van der Waals surface area contributed by atoms with Gasteiger partial charge in [0.2, 0.25) is 0 Å². The second kappa shape index (κ2) is 9.36. The van der Waals surface area contributed by atoms with E-state index in [0.717, 1.165) is 31.9 Å². The lowest BCUT2D eigenvalue weighted by molar-refractivity contribution is 0.0890. The van der Waals surface area contributed by atoms with E-state index < -0.39 is 0 Å². The molecular weight excluding hydrogens is 399 g/mol. The molecule has 1 fully saturated rings. The zero-order valence-electron chi connectivity index (χ0n) is 16.9. The van der Waals surface area contributed by atoms with Crippen LogP contribution in [0.5, 0.6) is 0 Å². The van der Waals surface area contributed by atoms with E-state index in [0.29, 0.717) is 5.56 Å². The summed E-state index contributed by atoms with van der Waals surface area (Å²) < 4.78 is 13.2. The summed E-state index contributed by atoms with van der Waals surface area (Å²) in [5, 5.41) is 5.24. The van der Waals surface area contributed by atoms with Crippen molar-refractivity contribution in [2.24, 2.45) is 0 Å². The molecule has 2 aromatic heterocycles. The topological polar surface area (TPSA) is 48.5 Å². The molecule has 156 valence electrons. The Kier molecular flexibility index (Phi) is 6.40. The maximum atomic E-state index is 13.2. The van der Waals surface area contributed by atoms with E-state index in [1.54, 1.807) is 35.9 Å². The predicted molar refractivity (Wildman–Crippen MR) is 118 cm³/mol. The molecule has 0 unspecified atom stereocenters. The van der Waals surface area contributed by atoms with Gasteiger partial charge in [0.25, 0.3) is 5.91 Å². The molecule has 1 N–H and O–H groups in total. The Hall–Kier alpha value is -2.77. The second-order valence-electron chi connectivity index (χ2n) is 7.46. The number of anilines is 1. The van der Waals surface area contributed by atoms with Gasteiger partial charge in [-0.1, -0.05) is 6.07 Å². The number of hydrogen-bond acceptors (Lipinski definition) is 5. The van der Waals surface area contributed by atoms with Crippen LogP contribution in [0.3, 0.4) is 0 Å². The lowest BCUT2D eigenvalue weighted by Crippen LogP contribution is -2.52. The standard InChI is InChI=1S/C23H25FN4OS/c1-17(26-23(29)18-4-2-10-25-16-18)22(21-5-3-15-30-21)28-13-11-27(12-14-28)20-8-6-19(24)7-9-20/h2-10,15-17,22H,11-14H2,1H3,(H,26,29)/t17-,22-/m0/s1. The minimum atomic E-state index is -0.215. The maximum absolute atomic E-state index is 13.2. The number of benzene rings is 1. The van der Waals surface area contributed by atoms with E-state index in [9.17, 15) is 9.18 Å². The lowest BCUT2D eigenvalue weighted by Gasteiger charge is -2.42. The predicted octanol–water partition coefficient (Wildman–Crippen LogP) is 3.96. The molecule has 1 aliphatic heterocycles. The molecule has 2 atom stereocenters. The van der Waals surface area contributed by atoms with Gasteiger partial charge in [-0.25, -0.2) is 4.39 Å². The van der Waals surface area contributed by atoms with Crippen LogP contribution in [0.2, 0.25) is 0 Å². The Morgan fingerprint density at radius 2 is 1.87 bits per heavy atom. The summed E-state index contributed by atoms with van der Waals surface area (Å²) in [6, 6.07) is 14.4. The van der Waals surface area contributed by atoms with Gasteiger partial charge in [0.15, 0.2) is 0 Å². The number of nitrogens with zero attached hydrogens (tertiary/aromatic N) is 3. The minimum absolute atomic E-state index is 0.0614. The first-order valence-electron chi connectivity index (χ1n) is 10.1. The van der Waals surface area contributed by atoms with Crippen molar-refractivity contribution in [3.8, 4) is 0 Å². The van der Waals surface area contributed by atoms with Crippen LogP contribution in [0.1, 0.15) is 28.2 Å². The molecule has 1 saturated heterocycles. The van der Waals surface area contributed by atoms with Crippen LogP contribution in [0.25, 0.3) is 0 Å². The number of piperazine rings is 1. The van der Waals surface area contributed by atoms with Crippen LogP contribution in [0, 0.1) is 5.82 Å². The van der Waals surface area contributed by atoms with Crippen molar-refractivity contribution in [3.63, 3.8) is 0 Å². The van der Waals surface area contributed by atoms with Gasteiger partial charge in [-0.3, -0.25) is 14.7 Å². The normalized spacial score (nSPS) is 16.8. The number of carbonyl (C=O) groups excluding carboxylic acids is 1.